The fraction of sp³-hybridized carbons (Fsp3) is 0.217. The standard InChI is InChI=1S/C23H22N4OS.2ClH/c1-25-18-8-3-2-7-17(18)21(22(25)19-9-6-16-29-19)23(28)27-14-12-26(13-15-27)20-10-4-5-11-24-20;;/h2-11,16H,12-15H2,1H3;2*1H. The number of rotatable bonds is 3. The molecule has 0 atom stereocenters. The number of hydrogen-bond donors (Lipinski definition) is 0. The van der Waals surface area contributed by atoms with E-state index in [0.717, 1.165) is 45.9 Å². The normalized spacial score (nSPS) is 13.6. The van der Waals surface area contributed by atoms with Gasteiger partial charge in [-0.05, 0) is 29.6 Å². The first-order chi connectivity index (χ1) is 14.2. The molecule has 8 heteroatoms. The minimum Gasteiger partial charge on any atom is -0.353 e. The number of hydrogen-bond acceptors (Lipinski definition) is 4. The summed E-state index contributed by atoms with van der Waals surface area (Å²) in [4.78, 5) is 23.5. The summed E-state index contributed by atoms with van der Waals surface area (Å²) in [5, 5.41) is 3.09. The van der Waals surface area contributed by atoms with E-state index in [0.29, 0.717) is 13.1 Å². The van der Waals surface area contributed by atoms with Gasteiger partial charge in [0.2, 0.25) is 0 Å². The predicted molar refractivity (Wildman–Crippen MR) is 133 cm³/mol. The van der Waals surface area contributed by atoms with Crippen molar-refractivity contribution < 1.29 is 4.79 Å². The number of carbonyl (C=O) groups is 1. The average Bonchev–Trinajstić information content (AvgIpc) is 3.41. The van der Waals surface area contributed by atoms with E-state index in [2.05, 4.69) is 38.0 Å². The topological polar surface area (TPSA) is 41.4 Å². The maximum Gasteiger partial charge on any atom is 0.256 e. The van der Waals surface area contributed by atoms with Crippen molar-refractivity contribution in [3.8, 4) is 10.6 Å². The molecule has 0 radical (unpaired) electrons. The maximum atomic E-state index is 13.7. The molecule has 1 aliphatic heterocycles. The zero-order chi connectivity index (χ0) is 19.8. The number of pyridine rings is 1. The molecule has 1 aromatic carbocycles. The van der Waals surface area contributed by atoms with Crippen LogP contribution in [0.25, 0.3) is 21.5 Å². The van der Waals surface area contributed by atoms with Crippen molar-refractivity contribution in [1.29, 1.82) is 0 Å². The number of carbonyl (C=O) groups excluding carboxylic acids is 1. The molecule has 1 amide bonds. The molecule has 31 heavy (non-hydrogen) atoms. The van der Waals surface area contributed by atoms with E-state index < -0.39 is 0 Å². The molecule has 3 aromatic heterocycles. The summed E-state index contributed by atoms with van der Waals surface area (Å²) in [6, 6.07) is 18.3. The first kappa shape index (κ1) is 23.1. The van der Waals surface area contributed by atoms with Crippen LogP contribution in [-0.2, 0) is 7.05 Å². The van der Waals surface area contributed by atoms with Crippen molar-refractivity contribution in [2.24, 2.45) is 7.05 Å². The summed E-state index contributed by atoms with van der Waals surface area (Å²) >= 11 is 1.67. The molecule has 0 bridgehead atoms. The maximum absolute atomic E-state index is 13.7. The lowest BCUT2D eigenvalue weighted by Crippen LogP contribution is -2.49. The van der Waals surface area contributed by atoms with E-state index in [1.54, 1.807) is 11.3 Å². The van der Waals surface area contributed by atoms with Crippen molar-refractivity contribution >= 4 is 58.8 Å². The van der Waals surface area contributed by atoms with Crippen LogP contribution < -0.4 is 4.90 Å². The van der Waals surface area contributed by atoms with E-state index in [4.69, 9.17) is 0 Å². The zero-order valence-electron chi connectivity index (χ0n) is 17.1. The van der Waals surface area contributed by atoms with Gasteiger partial charge >= 0.3 is 0 Å². The Morgan fingerprint density at radius 1 is 0.935 bits per heavy atom. The number of aryl methyl sites for hydroxylation is 1. The Bertz CT molecular complexity index is 1150. The number of anilines is 1. The fourth-order valence-electron chi connectivity index (χ4n) is 4.15. The molecule has 0 unspecified atom stereocenters. The second kappa shape index (κ2) is 9.73. The number of para-hydroxylation sites is 1. The number of aromatic nitrogens is 2. The Morgan fingerprint density at radius 3 is 2.35 bits per heavy atom. The van der Waals surface area contributed by atoms with Crippen molar-refractivity contribution in [2.75, 3.05) is 31.1 Å². The van der Waals surface area contributed by atoms with Gasteiger partial charge in [0.1, 0.15) is 5.82 Å². The first-order valence-electron chi connectivity index (χ1n) is 9.80. The third-order valence-electron chi connectivity index (χ3n) is 5.62. The monoisotopic (exact) mass is 474 g/mol. The Balaban J connectivity index is 0.00000136. The summed E-state index contributed by atoms with van der Waals surface area (Å²) in [5.41, 5.74) is 2.92. The number of piperazine rings is 1. The smallest absolute Gasteiger partial charge is 0.256 e. The van der Waals surface area contributed by atoms with Crippen LogP contribution in [0.15, 0.2) is 66.2 Å². The highest BCUT2D eigenvalue weighted by molar-refractivity contribution is 7.13. The van der Waals surface area contributed by atoms with E-state index in [-0.39, 0.29) is 30.7 Å². The van der Waals surface area contributed by atoms with Gasteiger partial charge in [-0.1, -0.05) is 30.3 Å². The minimum absolute atomic E-state index is 0. The van der Waals surface area contributed by atoms with E-state index in [9.17, 15) is 4.79 Å². The van der Waals surface area contributed by atoms with E-state index in [1.807, 2.05) is 54.5 Å². The van der Waals surface area contributed by atoms with Crippen LogP contribution in [0.5, 0.6) is 0 Å². The molecule has 1 saturated heterocycles. The van der Waals surface area contributed by atoms with Crippen molar-refractivity contribution in [3.63, 3.8) is 0 Å². The van der Waals surface area contributed by atoms with E-state index in [1.165, 1.54) is 0 Å². The van der Waals surface area contributed by atoms with Gasteiger partial charge in [-0.3, -0.25) is 4.79 Å². The van der Waals surface area contributed by atoms with Crippen LogP contribution >= 0.6 is 36.2 Å². The van der Waals surface area contributed by atoms with Crippen molar-refractivity contribution in [2.45, 2.75) is 0 Å². The van der Waals surface area contributed by atoms with E-state index >= 15 is 0 Å². The van der Waals surface area contributed by atoms with Gasteiger partial charge in [0.15, 0.2) is 0 Å². The molecule has 4 heterocycles. The van der Waals surface area contributed by atoms with Crippen LogP contribution in [-0.4, -0.2) is 46.5 Å². The van der Waals surface area contributed by atoms with Gasteiger partial charge in [0.25, 0.3) is 5.91 Å². The first-order valence-corrected chi connectivity index (χ1v) is 10.7. The molecule has 0 aliphatic carbocycles. The molecule has 0 saturated carbocycles. The molecule has 4 aromatic rings. The summed E-state index contributed by atoms with van der Waals surface area (Å²) in [7, 11) is 2.05. The van der Waals surface area contributed by atoms with Crippen LogP contribution in [0.4, 0.5) is 5.82 Å². The lowest BCUT2D eigenvalue weighted by Gasteiger charge is -2.35. The van der Waals surface area contributed by atoms with Crippen LogP contribution in [0.2, 0.25) is 0 Å². The molecule has 5 nitrogen and oxygen atoms in total. The van der Waals surface area contributed by atoms with Crippen molar-refractivity contribution in [3.05, 3.63) is 71.7 Å². The lowest BCUT2D eigenvalue weighted by atomic mass is 10.1. The molecular formula is C23H24Cl2N4OS. The highest BCUT2D eigenvalue weighted by Gasteiger charge is 2.29. The third-order valence-corrected chi connectivity index (χ3v) is 6.49. The number of nitrogens with zero attached hydrogens (tertiary/aromatic N) is 4. The molecule has 1 aliphatic rings. The molecule has 0 spiro atoms. The molecule has 0 N–H and O–H groups in total. The summed E-state index contributed by atoms with van der Waals surface area (Å²) in [5.74, 6) is 1.09. The van der Waals surface area contributed by atoms with Gasteiger partial charge < -0.3 is 14.4 Å². The number of halogens is 2. The number of thiophene rings is 1. The SMILES string of the molecule is Cl.Cl.Cn1c(-c2cccs2)c(C(=O)N2CCN(c3ccccn3)CC2)c2ccccc21. The van der Waals surface area contributed by atoms with Crippen molar-refractivity contribution in [1.82, 2.24) is 14.5 Å². The number of fused-ring (bicyclic) bond motifs is 1. The van der Waals surface area contributed by atoms with Gasteiger partial charge in [0.05, 0.1) is 16.1 Å². The molecule has 5 rings (SSSR count). The number of amides is 1. The van der Waals surface area contributed by atoms with Gasteiger partial charge in [-0.15, -0.1) is 36.2 Å². The van der Waals surface area contributed by atoms with Gasteiger partial charge in [-0.25, -0.2) is 4.98 Å². The van der Waals surface area contributed by atoms with Crippen LogP contribution in [0.3, 0.4) is 0 Å². The molecular weight excluding hydrogens is 451 g/mol. The van der Waals surface area contributed by atoms with Gasteiger partial charge in [0, 0.05) is 50.3 Å². The van der Waals surface area contributed by atoms with Crippen LogP contribution in [0, 0.1) is 0 Å². The number of benzene rings is 1. The average molecular weight is 475 g/mol. The van der Waals surface area contributed by atoms with Crippen LogP contribution in [0.1, 0.15) is 10.4 Å². The molecule has 162 valence electrons. The highest BCUT2D eigenvalue weighted by atomic mass is 35.5. The minimum atomic E-state index is 0. The second-order valence-electron chi connectivity index (χ2n) is 7.24. The molecule has 1 fully saturated rings. The Morgan fingerprint density at radius 2 is 1.68 bits per heavy atom. The predicted octanol–water partition coefficient (Wildman–Crippen LogP) is 5.11. The Hall–Kier alpha value is -2.54. The Kier molecular flexibility index (Phi) is 7.26. The quantitative estimate of drug-likeness (QED) is 0.414. The third kappa shape index (κ3) is 4.15. The highest BCUT2D eigenvalue weighted by Crippen LogP contribution is 2.36. The fourth-order valence-corrected chi connectivity index (χ4v) is 4.96. The van der Waals surface area contributed by atoms with Gasteiger partial charge in [-0.2, -0.15) is 0 Å². The zero-order valence-corrected chi connectivity index (χ0v) is 19.6. The lowest BCUT2D eigenvalue weighted by molar-refractivity contribution is 0.0749. The largest absolute Gasteiger partial charge is 0.353 e. The summed E-state index contributed by atoms with van der Waals surface area (Å²) in [6.45, 7) is 2.98. The summed E-state index contributed by atoms with van der Waals surface area (Å²) < 4.78 is 2.15. The summed E-state index contributed by atoms with van der Waals surface area (Å²) in [6.07, 6.45) is 1.82. The second-order valence-corrected chi connectivity index (χ2v) is 8.19. The Labute approximate surface area is 198 Å².